The van der Waals surface area contributed by atoms with Gasteiger partial charge in [0.15, 0.2) is 0 Å². The molecule has 0 aliphatic heterocycles. The topological polar surface area (TPSA) is 83.9 Å². The summed E-state index contributed by atoms with van der Waals surface area (Å²) in [6, 6.07) is 0. The fraction of sp³-hybridized carbons (Fsp3) is 0.700. The average Bonchev–Trinajstić information content (AvgIpc) is 2.26. The van der Waals surface area contributed by atoms with Crippen molar-refractivity contribution in [2.45, 2.75) is 19.8 Å². The van der Waals surface area contributed by atoms with Crippen LogP contribution in [0.1, 0.15) is 19.8 Å². The zero-order chi connectivity index (χ0) is 12.4. The molecule has 0 saturated carbocycles. The molecule has 0 fully saturated rings. The maximum Gasteiger partial charge on any atom is 0.306 e. The number of rotatable bonds is 8. The Hall–Kier alpha value is -1.43. The lowest BCUT2D eigenvalue weighted by molar-refractivity contribution is -0.145. The normalized spacial score (nSPS) is 9.62. The van der Waals surface area contributed by atoms with Crippen molar-refractivity contribution in [2.75, 3.05) is 26.3 Å². The number of amides is 1. The minimum Gasteiger partial charge on any atom is -0.466 e. The van der Waals surface area contributed by atoms with Crippen LogP contribution in [0.4, 0.5) is 0 Å². The van der Waals surface area contributed by atoms with Gasteiger partial charge in [0.2, 0.25) is 5.91 Å². The molecular weight excluding hydrogens is 214 g/mol. The molecule has 0 unspecified atom stereocenters. The van der Waals surface area contributed by atoms with Crippen LogP contribution in [0.3, 0.4) is 0 Å². The van der Waals surface area contributed by atoms with Crippen molar-refractivity contribution in [2.24, 2.45) is 0 Å². The Kier molecular flexibility index (Phi) is 8.05. The molecule has 0 saturated heterocycles. The zero-order valence-electron chi connectivity index (χ0n) is 9.35. The molecule has 0 atom stereocenters. The standard InChI is InChI=1S/C10H17NO5/c1-2-16-10(15)4-3-9(14)11(5-7-12)6-8-13/h7,13H,2-6,8H2,1H3. The number of aldehydes is 1. The minimum absolute atomic E-state index is 0.00649. The van der Waals surface area contributed by atoms with Crippen molar-refractivity contribution >= 4 is 18.2 Å². The second-order valence-electron chi connectivity index (χ2n) is 3.04. The van der Waals surface area contributed by atoms with Crippen LogP contribution in [-0.2, 0) is 19.1 Å². The van der Waals surface area contributed by atoms with Gasteiger partial charge in [-0.1, -0.05) is 0 Å². The molecule has 0 aliphatic carbocycles. The second-order valence-corrected chi connectivity index (χ2v) is 3.04. The van der Waals surface area contributed by atoms with Crippen molar-refractivity contribution in [3.8, 4) is 0 Å². The molecule has 0 spiro atoms. The first kappa shape index (κ1) is 14.6. The third-order valence-corrected chi connectivity index (χ3v) is 1.87. The Morgan fingerprint density at radius 1 is 1.38 bits per heavy atom. The average molecular weight is 231 g/mol. The van der Waals surface area contributed by atoms with Crippen LogP contribution in [0.25, 0.3) is 0 Å². The van der Waals surface area contributed by atoms with Crippen molar-refractivity contribution < 1.29 is 24.2 Å². The molecule has 16 heavy (non-hydrogen) atoms. The summed E-state index contributed by atoms with van der Waals surface area (Å²) in [5, 5.41) is 8.67. The summed E-state index contributed by atoms with van der Waals surface area (Å²) in [4.78, 5) is 33.9. The first-order chi connectivity index (χ1) is 7.65. The van der Waals surface area contributed by atoms with Gasteiger partial charge in [0.05, 0.1) is 26.2 Å². The summed E-state index contributed by atoms with van der Waals surface area (Å²) < 4.78 is 4.66. The first-order valence-electron chi connectivity index (χ1n) is 5.13. The third-order valence-electron chi connectivity index (χ3n) is 1.87. The van der Waals surface area contributed by atoms with Gasteiger partial charge in [-0.05, 0) is 6.92 Å². The van der Waals surface area contributed by atoms with Gasteiger partial charge >= 0.3 is 5.97 Å². The number of carbonyl (C=O) groups excluding carboxylic acids is 3. The molecule has 0 heterocycles. The summed E-state index contributed by atoms with van der Waals surface area (Å²) in [6.45, 7) is 1.79. The highest BCUT2D eigenvalue weighted by atomic mass is 16.5. The van der Waals surface area contributed by atoms with Crippen LogP contribution in [-0.4, -0.2) is 54.5 Å². The maximum absolute atomic E-state index is 11.5. The molecule has 0 aliphatic rings. The number of aliphatic hydroxyl groups excluding tert-OH is 1. The predicted molar refractivity (Wildman–Crippen MR) is 55.6 cm³/mol. The van der Waals surface area contributed by atoms with Crippen LogP contribution in [0.2, 0.25) is 0 Å². The first-order valence-corrected chi connectivity index (χ1v) is 5.13. The smallest absolute Gasteiger partial charge is 0.306 e. The Labute approximate surface area is 94.2 Å². The summed E-state index contributed by atoms with van der Waals surface area (Å²) in [5.74, 6) is -0.778. The van der Waals surface area contributed by atoms with E-state index in [2.05, 4.69) is 4.74 Å². The number of aliphatic hydroxyl groups is 1. The highest BCUT2D eigenvalue weighted by Crippen LogP contribution is 1.99. The van der Waals surface area contributed by atoms with E-state index < -0.39 is 5.97 Å². The molecule has 6 heteroatoms. The van der Waals surface area contributed by atoms with Gasteiger partial charge in [-0.25, -0.2) is 0 Å². The van der Waals surface area contributed by atoms with Crippen molar-refractivity contribution in [3.63, 3.8) is 0 Å². The number of carbonyl (C=O) groups is 3. The molecule has 0 aromatic heterocycles. The summed E-state index contributed by atoms with van der Waals surface area (Å²) >= 11 is 0. The molecule has 1 N–H and O–H groups in total. The van der Waals surface area contributed by atoms with Crippen LogP contribution in [0.5, 0.6) is 0 Å². The molecule has 0 bridgehead atoms. The third kappa shape index (κ3) is 6.13. The Morgan fingerprint density at radius 3 is 2.56 bits per heavy atom. The lowest BCUT2D eigenvalue weighted by Gasteiger charge is -2.18. The van der Waals surface area contributed by atoms with Gasteiger partial charge in [-0.3, -0.25) is 9.59 Å². The highest BCUT2D eigenvalue weighted by molar-refractivity contribution is 5.82. The van der Waals surface area contributed by atoms with Gasteiger partial charge in [-0.15, -0.1) is 0 Å². The fourth-order valence-corrected chi connectivity index (χ4v) is 1.13. The fourth-order valence-electron chi connectivity index (χ4n) is 1.13. The van der Waals surface area contributed by atoms with Gasteiger partial charge in [0, 0.05) is 13.0 Å². The molecule has 0 rings (SSSR count). The lowest BCUT2D eigenvalue weighted by Crippen LogP contribution is -2.35. The summed E-state index contributed by atoms with van der Waals surface area (Å²) in [6.07, 6.45) is 0.568. The molecule has 0 aromatic rings. The largest absolute Gasteiger partial charge is 0.466 e. The van der Waals surface area contributed by atoms with Gasteiger partial charge in [-0.2, -0.15) is 0 Å². The Bertz CT molecular complexity index is 241. The zero-order valence-corrected chi connectivity index (χ0v) is 9.35. The van der Waals surface area contributed by atoms with E-state index in [0.717, 1.165) is 0 Å². The van der Waals surface area contributed by atoms with Gasteiger partial charge < -0.3 is 19.5 Å². The van der Waals surface area contributed by atoms with Gasteiger partial charge in [0.25, 0.3) is 0 Å². The Balaban J connectivity index is 3.99. The molecule has 1 amide bonds. The van der Waals surface area contributed by atoms with E-state index >= 15 is 0 Å². The highest BCUT2D eigenvalue weighted by Gasteiger charge is 2.14. The molecular formula is C10H17NO5. The van der Waals surface area contributed by atoms with E-state index in [4.69, 9.17) is 5.11 Å². The van der Waals surface area contributed by atoms with E-state index in [-0.39, 0.29) is 45.1 Å². The van der Waals surface area contributed by atoms with E-state index in [1.807, 2.05) is 0 Å². The summed E-state index contributed by atoms with van der Waals surface area (Å²) in [7, 11) is 0. The van der Waals surface area contributed by atoms with Crippen LogP contribution in [0, 0.1) is 0 Å². The number of hydrogen-bond acceptors (Lipinski definition) is 5. The van der Waals surface area contributed by atoms with Crippen molar-refractivity contribution in [1.29, 1.82) is 0 Å². The number of nitrogens with zero attached hydrogens (tertiary/aromatic N) is 1. The van der Waals surface area contributed by atoms with Gasteiger partial charge in [0.1, 0.15) is 6.29 Å². The van der Waals surface area contributed by atoms with Crippen LogP contribution in [0.15, 0.2) is 0 Å². The van der Waals surface area contributed by atoms with Crippen LogP contribution < -0.4 is 0 Å². The minimum atomic E-state index is -0.439. The second kappa shape index (κ2) is 8.84. The Morgan fingerprint density at radius 2 is 2.06 bits per heavy atom. The van der Waals surface area contributed by atoms with Crippen LogP contribution >= 0.6 is 0 Å². The van der Waals surface area contributed by atoms with Crippen molar-refractivity contribution in [3.05, 3.63) is 0 Å². The van der Waals surface area contributed by atoms with E-state index in [9.17, 15) is 14.4 Å². The summed E-state index contributed by atoms with van der Waals surface area (Å²) in [5.41, 5.74) is 0. The maximum atomic E-state index is 11.5. The van der Waals surface area contributed by atoms with E-state index in [1.165, 1.54) is 4.90 Å². The predicted octanol–water partition coefficient (Wildman–Crippen LogP) is -0.651. The lowest BCUT2D eigenvalue weighted by atomic mass is 10.2. The number of ether oxygens (including phenoxy) is 1. The molecule has 0 aromatic carbocycles. The molecule has 0 radical (unpaired) electrons. The molecule has 6 nitrogen and oxygen atoms in total. The molecule has 92 valence electrons. The van der Waals surface area contributed by atoms with Crippen molar-refractivity contribution in [1.82, 2.24) is 4.90 Å². The quantitative estimate of drug-likeness (QED) is 0.443. The monoisotopic (exact) mass is 231 g/mol. The number of hydrogen-bond donors (Lipinski definition) is 1. The van der Waals surface area contributed by atoms with E-state index in [1.54, 1.807) is 6.92 Å². The van der Waals surface area contributed by atoms with E-state index in [0.29, 0.717) is 6.29 Å². The number of esters is 1. The SMILES string of the molecule is CCOC(=O)CCC(=O)N(CC=O)CCO.